The number of hydrogen-bond acceptors (Lipinski definition) is 6. The Balaban J connectivity index is 1.58. The smallest absolute Gasteiger partial charge is 0.400 e. The van der Waals surface area contributed by atoms with Gasteiger partial charge in [0.1, 0.15) is 17.7 Å². The van der Waals surface area contributed by atoms with E-state index in [9.17, 15) is 40.7 Å². The number of alkyl halides is 5. The highest BCUT2D eigenvalue weighted by atomic mass is 19.4. The van der Waals surface area contributed by atoms with Gasteiger partial charge in [-0.25, -0.2) is 18.2 Å². The van der Waals surface area contributed by atoms with Crippen LogP contribution in [-0.2, 0) is 15.8 Å². The number of benzene rings is 3. The van der Waals surface area contributed by atoms with Crippen LogP contribution in [0.3, 0.4) is 0 Å². The monoisotopic (exact) mass is 712 g/mol. The Morgan fingerprint density at radius 1 is 1.02 bits per heavy atom. The van der Waals surface area contributed by atoms with E-state index in [0.29, 0.717) is 17.3 Å². The summed E-state index contributed by atoms with van der Waals surface area (Å²) in [5.74, 6) is -6.92. The SMILES string of the molecule is C=C(CN1CC(F)(F)C1)C(=O)NC/C(N)=C1/C(=Nc2ccccc2)N(CC)C(=O)C(NC(=O)c2cccc(C(F)(F)F)c2)C1c1ccc(F)cc1. The number of nitrogens with zero attached hydrogens (tertiary/aromatic N) is 3. The second kappa shape index (κ2) is 14.8. The highest BCUT2D eigenvalue weighted by Crippen LogP contribution is 2.38. The largest absolute Gasteiger partial charge is 0.416 e. The molecule has 2 aliphatic rings. The predicted molar refractivity (Wildman–Crippen MR) is 178 cm³/mol. The van der Waals surface area contributed by atoms with E-state index in [1.165, 1.54) is 28.0 Å². The Labute approximate surface area is 289 Å². The Kier molecular flexibility index (Phi) is 10.7. The summed E-state index contributed by atoms with van der Waals surface area (Å²) in [7, 11) is 0. The van der Waals surface area contributed by atoms with Crippen LogP contribution in [0.15, 0.2) is 107 Å². The van der Waals surface area contributed by atoms with Crippen LogP contribution in [0.5, 0.6) is 0 Å². The molecule has 9 nitrogen and oxygen atoms in total. The van der Waals surface area contributed by atoms with Crippen molar-refractivity contribution in [2.75, 3.05) is 32.7 Å². The fraction of sp³-hybridized carbons (Fsp3) is 0.278. The lowest BCUT2D eigenvalue weighted by Crippen LogP contribution is -2.59. The van der Waals surface area contributed by atoms with E-state index in [-0.39, 0.29) is 47.9 Å². The van der Waals surface area contributed by atoms with Crippen LogP contribution in [0, 0.1) is 5.82 Å². The topological polar surface area (TPSA) is 120 Å². The molecule has 268 valence electrons. The fourth-order valence-corrected chi connectivity index (χ4v) is 5.95. The normalized spacial score (nSPS) is 20.8. The van der Waals surface area contributed by atoms with Crippen LogP contribution in [0.4, 0.5) is 32.0 Å². The number of amides is 3. The fourth-order valence-electron chi connectivity index (χ4n) is 5.95. The van der Waals surface area contributed by atoms with E-state index in [2.05, 4.69) is 17.2 Å². The maximum Gasteiger partial charge on any atom is 0.416 e. The van der Waals surface area contributed by atoms with E-state index in [1.54, 1.807) is 37.3 Å². The summed E-state index contributed by atoms with van der Waals surface area (Å²) in [5, 5.41) is 5.20. The lowest BCUT2D eigenvalue weighted by atomic mass is 9.78. The molecule has 5 rings (SSSR count). The summed E-state index contributed by atoms with van der Waals surface area (Å²) in [6, 6.07) is 15.7. The minimum atomic E-state index is -4.74. The molecule has 2 atom stereocenters. The van der Waals surface area contributed by atoms with Crippen molar-refractivity contribution >= 4 is 29.2 Å². The van der Waals surface area contributed by atoms with Crippen molar-refractivity contribution in [2.24, 2.45) is 10.7 Å². The molecule has 3 amide bonds. The van der Waals surface area contributed by atoms with Crippen molar-refractivity contribution in [3.8, 4) is 0 Å². The number of hydrogen-bond donors (Lipinski definition) is 3. The molecule has 2 aliphatic heterocycles. The number of halogens is 6. The van der Waals surface area contributed by atoms with Gasteiger partial charge in [0, 0.05) is 41.4 Å². The van der Waals surface area contributed by atoms with Gasteiger partial charge in [-0.15, -0.1) is 0 Å². The Bertz CT molecular complexity index is 1870. The molecular formula is C36H34F6N6O3. The summed E-state index contributed by atoms with van der Waals surface area (Å²) in [6.07, 6.45) is -4.74. The van der Waals surface area contributed by atoms with Crippen molar-refractivity contribution in [1.82, 2.24) is 20.4 Å². The molecule has 15 heteroatoms. The Hall–Kier alpha value is -5.44. The number of rotatable bonds is 10. The number of nitrogens with two attached hydrogens (primary N) is 1. The van der Waals surface area contributed by atoms with Gasteiger partial charge < -0.3 is 16.4 Å². The maximum atomic E-state index is 14.3. The summed E-state index contributed by atoms with van der Waals surface area (Å²) in [6.45, 7) is 3.86. The van der Waals surface area contributed by atoms with Gasteiger partial charge in [-0.1, -0.05) is 43.0 Å². The van der Waals surface area contributed by atoms with Crippen molar-refractivity contribution in [1.29, 1.82) is 0 Å². The standard InChI is InChI=1S/C36H34F6N6O3/c1-3-48-31(45-26-10-5-4-6-11-26)29(27(43)17-44-32(49)21(2)18-47-19-35(38,39)20-47)28(22-12-14-25(37)15-13-22)30(34(48)51)46-33(50)23-8-7-9-24(16-23)36(40,41)42/h4-16,28,30H,2-3,17-20,43H2,1H3,(H,44,49)(H,46,50)/b29-27-,45-31?. The summed E-state index contributed by atoms with van der Waals surface area (Å²) in [5.41, 5.74) is 6.10. The summed E-state index contributed by atoms with van der Waals surface area (Å²) >= 11 is 0. The third-order valence-corrected chi connectivity index (χ3v) is 8.38. The first kappa shape index (κ1) is 36.8. The number of likely N-dealkylation sites (N-methyl/N-ethyl adjacent to an activating group) is 1. The molecule has 4 N–H and O–H groups in total. The van der Waals surface area contributed by atoms with E-state index >= 15 is 0 Å². The van der Waals surface area contributed by atoms with E-state index in [4.69, 9.17) is 10.7 Å². The number of aliphatic imine (C=N–C) groups is 1. The van der Waals surface area contributed by atoms with E-state index < -0.39 is 66.3 Å². The summed E-state index contributed by atoms with van der Waals surface area (Å²) in [4.78, 5) is 48.1. The van der Waals surface area contributed by atoms with Crippen LogP contribution < -0.4 is 16.4 Å². The quantitative estimate of drug-likeness (QED) is 0.199. The minimum Gasteiger partial charge on any atom is -0.400 e. The van der Waals surface area contributed by atoms with Gasteiger partial charge in [0.2, 0.25) is 5.91 Å². The lowest BCUT2D eigenvalue weighted by Gasteiger charge is -2.41. The zero-order valence-corrected chi connectivity index (χ0v) is 27.3. The van der Waals surface area contributed by atoms with Gasteiger partial charge in [0.05, 0.1) is 30.9 Å². The Morgan fingerprint density at radius 3 is 2.29 bits per heavy atom. The first-order chi connectivity index (χ1) is 24.1. The molecule has 2 unspecified atom stereocenters. The maximum absolute atomic E-state index is 14.3. The van der Waals surface area contributed by atoms with Gasteiger partial charge in [-0.3, -0.25) is 24.2 Å². The number of carbonyl (C=O) groups excluding carboxylic acids is 3. The molecule has 0 aliphatic carbocycles. The van der Waals surface area contributed by atoms with E-state index in [1.807, 2.05) is 0 Å². The van der Waals surface area contributed by atoms with Crippen molar-refractivity contribution in [2.45, 2.75) is 31.0 Å². The molecule has 0 aromatic heterocycles. The molecule has 0 saturated carbocycles. The van der Waals surface area contributed by atoms with Crippen LogP contribution >= 0.6 is 0 Å². The highest BCUT2D eigenvalue weighted by Gasteiger charge is 2.46. The Morgan fingerprint density at radius 2 is 1.69 bits per heavy atom. The van der Waals surface area contributed by atoms with Gasteiger partial charge in [-0.05, 0) is 55.0 Å². The molecule has 3 aromatic rings. The van der Waals surface area contributed by atoms with Crippen LogP contribution in [0.25, 0.3) is 0 Å². The molecule has 2 heterocycles. The molecule has 0 bridgehead atoms. The van der Waals surface area contributed by atoms with Crippen LogP contribution in [-0.4, -0.2) is 78.0 Å². The van der Waals surface area contributed by atoms with Gasteiger partial charge >= 0.3 is 6.18 Å². The molecule has 3 aromatic carbocycles. The molecule has 0 spiro atoms. The third-order valence-electron chi connectivity index (χ3n) is 8.38. The average molecular weight is 713 g/mol. The van der Waals surface area contributed by atoms with Crippen LogP contribution in [0.1, 0.15) is 34.3 Å². The van der Waals surface area contributed by atoms with Crippen molar-refractivity contribution in [3.63, 3.8) is 0 Å². The zero-order valence-electron chi connectivity index (χ0n) is 27.3. The zero-order chi connectivity index (χ0) is 37.1. The molecule has 2 saturated heterocycles. The predicted octanol–water partition coefficient (Wildman–Crippen LogP) is 5.16. The highest BCUT2D eigenvalue weighted by molar-refractivity contribution is 6.16. The second-order valence-corrected chi connectivity index (χ2v) is 12.1. The number of para-hydroxylation sites is 1. The molecule has 2 fully saturated rings. The number of likely N-dealkylation sites (tertiary alicyclic amines) is 2. The van der Waals surface area contributed by atoms with Gasteiger partial charge in [0.15, 0.2) is 0 Å². The van der Waals surface area contributed by atoms with Gasteiger partial charge in [-0.2, -0.15) is 13.2 Å². The summed E-state index contributed by atoms with van der Waals surface area (Å²) < 4.78 is 81.3. The first-order valence-electron chi connectivity index (χ1n) is 15.8. The van der Waals surface area contributed by atoms with Gasteiger partial charge in [0.25, 0.3) is 17.7 Å². The average Bonchev–Trinajstić information content (AvgIpc) is 3.07. The lowest BCUT2D eigenvalue weighted by molar-refractivity contribution is -0.137. The van der Waals surface area contributed by atoms with Crippen molar-refractivity contribution < 1.29 is 40.7 Å². The second-order valence-electron chi connectivity index (χ2n) is 12.1. The van der Waals surface area contributed by atoms with E-state index in [0.717, 1.165) is 24.3 Å². The third kappa shape index (κ3) is 8.48. The minimum absolute atomic E-state index is 0.00297. The molecule has 51 heavy (non-hydrogen) atoms. The number of piperidine rings is 1. The number of nitrogens with one attached hydrogen (secondary N) is 2. The van der Waals surface area contributed by atoms with Crippen molar-refractivity contribution in [3.05, 3.63) is 125 Å². The van der Waals surface area contributed by atoms with Crippen LogP contribution in [0.2, 0.25) is 0 Å². The first-order valence-corrected chi connectivity index (χ1v) is 15.8. The molecular weight excluding hydrogens is 678 g/mol. The molecule has 0 radical (unpaired) electrons. The number of amidine groups is 1. The number of carbonyl (C=O) groups is 3.